The first-order chi connectivity index (χ1) is 14.3. The number of hydrogen-bond donors (Lipinski definition) is 0. The zero-order valence-corrected chi connectivity index (χ0v) is 18.3. The van der Waals surface area contributed by atoms with Crippen LogP contribution in [0.25, 0.3) is 0 Å². The molecule has 3 aromatic rings. The van der Waals surface area contributed by atoms with Crippen LogP contribution in [0.4, 0.5) is 10.1 Å². The molecular formula is C22H21ClFNO4S. The van der Waals surface area contributed by atoms with Crippen molar-refractivity contribution in [1.82, 2.24) is 0 Å². The summed E-state index contributed by atoms with van der Waals surface area (Å²) in [5.74, 6) is 0.549. The Morgan fingerprint density at radius 1 is 0.933 bits per heavy atom. The average Bonchev–Trinajstić information content (AvgIpc) is 2.74. The van der Waals surface area contributed by atoms with Crippen molar-refractivity contribution >= 4 is 27.3 Å². The van der Waals surface area contributed by atoms with Gasteiger partial charge in [-0.25, -0.2) is 12.8 Å². The minimum absolute atomic E-state index is 0.000183. The fraction of sp³-hybridized carbons (Fsp3) is 0.182. The second-order valence-corrected chi connectivity index (χ2v) is 8.86. The van der Waals surface area contributed by atoms with E-state index in [1.807, 2.05) is 0 Å². The Kier molecular flexibility index (Phi) is 6.53. The molecule has 0 radical (unpaired) electrons. The molecule has 5 nitrogen and oxygen atoms in total. The number of rotatable bonds is 7. The van der Waals surface area contributed by atoms with E-state index < -0.39 is 15.8 Å². The normalized spacial score (nSPS) is 11.2. The summed E-state index contributed by atoms with van der Waals surface area (Å²) in [6.45, 7) is 1.79. The van der Waals surface area contributed by atoms with Gasteiger partial charge in [0.2, 0.25) is 0 Å². The van der Waals surface area contributed by atoms with Crippen LogP contribution in [-0.4, -0.2) is 22.6 Å². The molecule has 0 saturated carbocycles. The molecule has 3 aromatic carbocycles. The van der Waals surface area contributed by atoms with Gasteiger partial charge in [0.05, 0.1) is 31.3 Å². The second-order valence-electron chi connectivity index (χ2n) is 6.59. The van der Waals surface area contributed by atoms with Crippen molar-refractivity contribution in [3.63, 3.8) is 0 Å². The average molecular weight is 450 g/mol. The van der Waals surface area contributed by atoms with E-state index in [0.717, 1.165) is 5.56 Å². The maximum absolute atomic E-state index is 13.5. The quantitative estimate of drug-likeness (QED) is 0.497. The molecule has 0 aromatic heterocycles. The summed E-state index contributed by atoms with van der Waals surface area (Å²) >= 11 is 6.16. The third-order valence-electron chi connectivity index (χ3n) is 4.62. The van der Waals surface area contributed by atoms with Crippen LogP contribution in [0.15, 0.2) is 65.6 Å². The first-order valence-electron chi connectivity index (χ1n) is 9.01. The van der Waals surface area contributed by atoms with Gasteiger partial charge in [-0.3, -0.25) is 4.31 Å². The van der Waals surface area contributed by atoms with Gasteiger partial charge in [0, 0.05) is 5.02 Å². The van der Waals surface area contributed by atoms with E-state index >= 15 is 0 Å². The number of hydrogen-bond acceptors (Lipinski definition) is 4. The van der Waals surface area contributed by atoms with Crippen molar-refractivity contribution in [1.29, 1.82) is 0 Å². The van der Waals surface area contributed by atoms with Gasteiger partial charge in [-0.2, -0.15) is 0 Å². The number of halogens is 2. The van der Waals surface area contributed by atoms with Crippen LogP contribution in [0.5, 0.6) is 11.5 Å². The van der Waals surface area contributed by atoms with Gasteiger partial charge in [0.25, 0.3) is 10.0 Å². The molecule has 0 heterocycles. The van der Waals surface area contributed by atoms with E-state index in [1.54, 1.807) is 31.2 Å². The first kappa shape index (κ1) is 21.9. The Morgan fingerprint density at radius 3 is 2.20 bits per heavy atom. The number of methoxy groups -OCH3 is 2. The van der Waals surface area contributed by atoms with Gasteiger partial charge in [-0.05, 0) is 66.6 Å². The van der Waals surface area contributed by atoms with E-state index in [9.17, 15) is 12.8 Å². The molecular weight excluding hydrogens is 429 g/mol. The fourth-order valence-electron chi connectivity index (χ4n) is 2.93. The lowest BCUT2D eigenvalue weighted by Gasteiger charge is -2.25. The minimum Gasteiger partial charge on any atom is -0.493 e. The van der Waals surface area contributed by atoms with E-state index in [2.05, 4.69) is 0 Å². The van der Waals surface area contributed by atoms with Gasteiger partial charge in [0.15, 0.2) is 11.5 Å². The van der Waals surface area contributed by atoms with Crippen molar-refractivity contribution in [3.8, 4) is 11.5 Å². The summed E-state index contributed by atoms with van der Waals surface area (Å²) in [5.41, 5.74) is 1.76. The first-order valence-corrected chi connectivity index (χ1v) is 10.8. The van der Waals surface area contributed by atoms with Crippen molar-refractivity contribution in [2.75, 3.05) is 18.5 Å². The van der Waals surface area contributed by atoms with Crippen molar-refractivity contribution in [2.24, 2.45) is 0 Å². The SMILES string of the molecule is COc1ccc(CN(c2ccc(F)cc2)S(=O)(=O)c2ccc(C)c(Cl)c2)cc1OC. The predicted molar refractivity (Wildman–Crippen MR) is 116 cm³/mol. The van der Waals surface area contributed by atoms with Crippen molar-refractivity contribution in [3.05, 3.63) is 82.6 Å². The number of benzene rings is 3. The molecule has 30 heavy (non-hydrogen) atoms. The standard InChI is InChI=1S/C22H21ClFNO4S/c1-15-4-10-19(13-20(15)23)30(26,27)25(18-8-6-17(24)7-9-18)14-16-5-11-21(28-2)22(12-16)29-3/h4-13H,14H2,1-3H3. The maximum Gasteiger partial charge on any atom is 0.264 e. The van der Waals surface area contributed by atoms with Gasteiger partial charge >= 0.3 is 0 Å². The Balaban J connectivity index is 2.09. The summed E-state index contributed by atoms with van der Waals surface area (Å²) < 4.78 is 52.2. The summed E-state index contributed by atoms with van der Waals surface area (Å²) in [7, 11) is -0.959. The Hall–Kier alpha value is -2.77. The third kappa shape index (κ3) is 4.52. The number of anilines is 1. The van der Waals surface area contributed by atoms with Gasteiger partial charge < -0.3 is 9.47 Å². The van der Waals surface area contributed by atoms with E-state index in [0.29, 0.717) is 27.8 Å². The number of ether oxygens (including phenoxy) is 2. The smallest absolute Gasteiger partial charge is 0.264 e. The molecule has 0 saturated heterocycles. The molecule has 0 atom stereocenters. The molecule has 0 fully saturated rings. The van der Waals surface area contributed by atoms with Gasteiger partial charge in [-0.15, -0.1) is 0 Å². The van der Waals surface area contributed by atoms with Crippen molar-refractivity contribution in [2.45, 2.75) is 18.4 Å². The molecule has 0 unspecified atom stereocenters. The molecule has 0 aliphatic carbocycles. The molecule has 0 aliphatic rings. The van der Waals surface area contributed by atoms with Crippen LogP contribution < -0.4 is 13.8 Å². The van der Waals surface area contributed by atoms with E-state index in [4.69, 9.17) is 21.1 Å². The molecule has 0 bridgehead atoms. The topological polar surface area (TPSA) is 55.8 Å². The van der Waals surface area contributed by atoms with Crippen LogP contribution in [0.2, 0.25) is 5.02 Å². The second kappa shape index (κ2) is 8.93. The van der Waals surface area contributed by atoms with Crippen LogP contribution in [0, 0.1) is 12.7 Å². The molecule has 0 N–H and O–H groups in total. The molecule has 0 aliphatic heterocycles. The highest BCUT2D eigenvalue weighted by Gasteiger charge is 2.26. The minimum atomic E-state index is -3.99. The molecule has 0 spiro atoms. The monoisotopic (exact) mass is 449 g/mol. The Labute approximate surface area is 180 Å². The number of nitrogens with zero attached hydrogens (tertiary/aromatic N) is 1. The largest absolute Gasteiger partial charge is 0.493 e. The lowest BCUT2D eigenvalue weighted by atomic mass is 10.2. The highest BCUT2D eigenvalue weighted by Crippen LogP contribution is 2.32. The molecule has 3 rings (SSSR count). The van der Waals surface area contributed by atoms with Crippen LogP contribution in [0.1, 0.15) is 11.1 Å². The summed E-state index contributed by atoms with van der Waals surface area (Å²) in [5, 5.41) is 0.348. The zero-order chi connectivity index (χ0) is 21.9. The highest BCUT2D eigenvalue weighted by atomic mass is 35.5. The Morgan fingerprint density at radius 2 is 1.60 bits per heavy atom. The summed E-state index contributed by atoms with van der Waals surface area (Å²) in [4.78, 5) is 0.0444. The molecule has 8 heteroatoms. The van der Waals surface area contributed by atoms with E-state index in [-0.39, 0.29) is 11.4 Å². The summed E-state index contributed by atoms with van der Waals surface area (Å²) in [6.07, 6.45) is 0. The van der Waals surface area contributed by atoms with Gasteiger partial charge in [0.1, 0.15) is 5.82 Å². The third-order valence-corrected chi connectivity index (χ3v) is 6.80. The van der Waals surface area contributed by atoms with Crippen LogP contribution >= 0.6 is 11.6 Å². The highest BCUT2D eigenvalue weighted by molar-refractivity contribution is 7.92. The maximum atomic E-state index is 13.5. The number of sulfonamides is 1. The van der Waals surface area contributed by atoms with Crippen LogP contribution in [0.3, 0.4) is 0 Å². The van der Waals surface area contributed by atoms with Crippen LogP contribution in [-0.2, 0) is 16.6 Å². The van der Waals surface area contributed by atoms with E-state index in [1.165, 1.54) is 54.9 Å². The molecule has 158 valence electrons. The zero-order valence-electron chi connectivity index (χ0n) is 16.7. The lowest BCUT2D eigenvalue weighted by Crippen LogP contribution is -2.30. The fourth-order valence-corrected chi connectivity index (χ4v) is 4.65. The lowest BCUT2D eigenvalue weighted by molar-refractivity contribution is 0.354. The Bertz CT molecular complexity index is 1150. The predicted octanol–water partition coefficient (Wildman–Crippen LogP) is 5.20. The van der Waals surface area contributed by atoms with Crippen molar-refractivity contribution < 1.29 is 22.3 Å². The number of aryl methyl sites for hydroxylation is 1. The molecule has 0 amide bonds. The van der Waals surface area contributed by atoms with Gasteiger partial charge in [-0.1, -0.05) is 23.7 Å². The summed E-state index contributed by atoms with van der Waals surface area (Å²) in [6, 6.07) is 15.0.